The number of esters is 1. The summed E-state index contributed by atoms with van der Waals surface area (Å²) >= 11 is 0. The average Bonchev–Trinajstić information content (AvgIpc) is 2.86. The van der Waals surface area contributed by atoms with Gasteiger partial charge in [0.25, 0.3) is 0 Å². The van der Waals surface area contributed by atoms with Crippen LogP contribution in [0.2, 0.25) is 0 Å². The molecule has 1 aliphatic carbocycles. The Hall–Kier alpha value is -2.33. The fourth-order valence-electron chi connectivity index (χ4n) is 5.25. The van der Waals surface area contributed by atoms with Crippen LogP contribution in [-0.4, -0.2) is 5.97 Å². The molecule has 1 fully saturated rings. The van der Waals surface area contributed by atoms with Gasteiger partial charge in [0, 0.05) is 0 Å². The Morgan fingerprint density at radius 2 is 1.56 bits per heavy atom. The first kappa shape index (κ1) is 27.9. The third-order valence-corrected chi connectivity index (χ3v) is 7.70. The second-order valence-electron chi connectivity index (χ2n) is 10.5. The predicted molar refractivity (Wildman–Crippen MR) is 137 cm³/mol. The molecule has 0 bridgehead atoms. The molecule has 1 saturated carbocycles. The van der Waals surface area contributed by atoms with Gasteiger partial charge < -0.3 is 4.74 Å². The number of hydrogen-bond acceptors (Lipinski definition) is 4. The van der Waals surface area contributed by atoms with E-state index in [1.54, 1.807) is 6.92 Å². The van der Waals surface area contributed by atoms with Gasteiger partial charge in [-0.25, -0.2) is 4.79 Å². The van der Waals surface area contributed by atoms with Crippen LogP contribution in [0.15, 0.2) is 24.3 Å². The van der Waals surface area contributed by atoms with Crippen LogP contribution in [0.4, 0.5) is 0 Å². The Bertz CT molecular complexity index is 825. The first-order valence-corrected chi connectivity index (χ1v) is 13.6. The first-order valence-electron chi connectivity index (χ1n) is 13.6. The first-order chi connectivity index (χ1) is 16.4. The summed E-state index contributed by atoms with van der Waals surface area (Å²) in [5, 5.41) is 19.3. The summed E-state index contributed by atoms with van der Waals surface area (Å²) in [6.45, 7) is 5.85. The molecule has 1 aromatic rings. The topological polar surface area (TPSA) is 73.9 Å². The molecule has 1 aliphatic rings. The minimum Gasteiger partial charge on any atom is -0.425 e. The van der Waals surface area contributed by atoms with Crippen molar-refractivity contribution in [3.63, 3.8) is 0 Å². The summed E-state index contributed by atoms with van der Waals surface area (Å²) in [7, 11) is 0. The largest absolute Gasteiger partial charge is 0.425 e. The number of carbonyl (C=O) groups is 1. The lowest BCUT2D eigenvalue weighted by Gasteiger charge is -2.35. The van der Waals surface area contributed by atoms with Crippen molar-refractivity contribution in [3.8, 4) is 17.9 Å². The maximum Gasteiger partial charge on any atom is 0.331 e. The van der Waals surface area contributed by atoms with Crippen molar-refractivity contribution in [3.05, 3.63) is 29.8 Å². The van der Waals surface area contributed by atoms with Gasteiger partial charge in [0.2, 0.25) is 0 Å². The van der Waals surface area contributed by atoms with Crippen LogP contribution in [0.25, 0.3) is 0 Å². The van der Waals surface area contributed by atoms with E-state index in [-0.39, 0.29) is 5.41 Å². The van der Waals surface area contributed by atoms with E-state index < -0.39 is 11.4 Å². The summed E-state index contributed by atoms with van der Waals surface area (Å²) in [6, 6.07) is 12.5. The molecule has 0 heterocycles. The van der Waals surface area contributed by atoms with Crippen molar-refractivity contribution in [2.45, 2.75) is 123 Å². The van der Waals surface area contributed by atoms with Gasteiger partial charge in [-0.15, -0.1) is 0 Å². The highest BCUT2D eigenvalue weighted by Crippen LogP contribution is 2.46. The highest BCUT2D eigenvalue weighted by molar-refractivity contribution is 5.81. The van der Waals surface area contributed by atoms with Crippen LogP contribution in [0.5, 0.6) is 5.75 Å². The summed E-state index contributed by atoms with van der Waals surface area (Å²) in [5.41, 5.74) is -0.00294. The monoisotopic (exact) mass is 464 g/mol. The number of rotatable bonds is 14. The molecule has 1 aromatic carbocycles. The second-order valence-corrected chi connectivity index (χ2v) is 10.5. The van der Waals surface area contributed by atoms with Crippen LogP contribution >= 0.6 is 0 Å². The lowest BCUT2D eigenvalue weighted by molar-refractivity contribution is -0.142. The molecule has 0 radical (unpaired) electrons. The smallest absolute Gasteiger partial charge is 0.331 e. The fraction of sp³-hybridized carbons (Fsp3) is 0.700. The Kier molecular flexibility index (Phi) is 11.6. The molecule has 0 aromatic heterocycles. The summed E-state index contributed by atoms with van der Waals surface area (Å²) in [6.07, 6.45) is 16.7. The van der Waals surface area contributed by atoms with Gasteiger partial charge in [0.1, 0.15) is 5.75 Å². The Morgan fingerprint density at radius 1 is 0.971 bits per heavy atom. The number of hydrogen-bond donors (Lipinski definition) is 0. The molecule has 0 saturated heterocycles. The maximum atomic E-state index is 12.5. The van der Waals surface area contributed by atoms with Gasteiger partial charge in [0.15, 0.2) is 5.41 Å². The van der Waals surface area contributed by atoms with Crippen molar-refractivity contribution in [2.75, 3.05) is 0 Å². The molecule has 2 rings (SSSR count). The zero-order chi connectivity index (χ0) is 24.9. The normalized spacial score (nSPS) is 21.7. The number of nitriles is 2. The standard InChI is InChI=1S/C30H44N2O2/c1-4-6-7-8-9-10-11-12-20-30(24-32)21-17-26(18-22-30)25-13-15-27(16-14-25)34-28(33)29(3,23-31)19-5-2/h13-16,26H,4-12,17-22H2,1-3H3. The Labute approximate surface area is 207 Å². The zero-order valence-electron chi connectivity index (χ0n) is 21.7. The van der Waals surface area contributed by atoms with Crippen molar-refractivity contribution >= 4 is 5.97 Å². The van der Waals surface area contributed by atoms with Gasteiger partial charge in [-0.3, -0.25) is 0 Å². The van der Waals surface area contributed by atoms with Crippen LogP contribution in [-0.2, 0) is 4.79 Å². The SMILES string of the molecule is CCCCCCCCCCC1(C#N)CCC(c2ccc(OC(=O)C(C)(C#N)CCC)cc2)CC1. The number of ether oxygens (including phenoxy) is 1. The molecule has 186 valence electrons. The molecule has 4 heteroatoms. The number of nitrogens with zero attached hydrogens (tertiary/aromatic N) is 2. The van der Waals surface area contributed by atoms with Crippen molar-refractivity contribution < 1.29 is 9.53 Å². The van der Waals surface area contributed by atoms with Crippen LogP contribution in [0, 0.1) is 33.5 Å². The molecule has 34 heavy (non-hydrogen) atoms. The van der Waals surface area contributed by atoms with E-state index in [0.29, 0.717) is 18.1 Å². The van der Waals surface area contributed by atoms with E-state index in [2.05, 4.69) is 19.1 Å². The summed E-state index contributed by atoms with van der Waals surface area (Å²) < 4.78 is 5.50. The minimum absolute atomic E-state index is 0.144. The van der Waals surface area contributed by atoms with Crippen LogP contribution < -0.4 is 4.74 Å². The zero-order valence-corrected chi connectivity index (χ0v) is 21.7. The third-order valence-electron chi connectivity index (χ3n) is 7.70. The summed E-state index contributed by atoms with van der Waals surface area (Å²) in [5.74, 6) is 0.458. The minimum atomic E-state index is -1.10. The quantitative estimate of drug-likeness (QED) is 0.157. The number of benzene rings is 1. The van der Waals surface area contributed by atoms with E-state index >= 15 is 0 Å². The van der Waals surface area contributed by atoms with Crippen LogP contribution in [0.1, 0.15) is 129 Å². The van der Waals surface area contributed by atoms with E-state index in [1.165, 1.54) is 56.9 Å². The molecule has 1 atom stereocenters. The van der Waals surface area contributed by atoms with Crippen LogP contribution in [0.3, 0.4) is 0 Å². The molecular formula is C30H44N2O2. The van der Waals surface area contributed by atoms with E-state index in [9.17, 15) is 15.3 Å². The van der Waals surface area contributed by atoms with E-state index in [1.807, 2.05) is 31.2 Å². The highest BCUT2D eigenvalue weighted by atomic mass is 16.5. The van der Waals surface area contributed by atoms with Crippen molar-refractivity contribution in [1.82, 2.24) is 0 Å². The Balaban J connectivity index is 1.80. The van der Waals surface area contributed by atoms with Crippen molar-refractivity contribution in [1.29, 1.82) is 10.5 Å². The number of unbranched alkanes of at least 4 members (excludes halogenated alkanes) is 7. The number of carbonyl (C=O) groups excluding carboxylic acids is 1. The highest BCUT2D eigenvalue weighted by Gasteiger charge is 2.36. The lowest BCUT2D eigenvalue weighted by atomic mass is 9.67. The molecule has 0 amide bonds. The molecule has 0 N–H and O–H groups in total. The van der Waals surface area contributed by atoms with Gasteiger partial charge in [0.05, 0.1) is 17.6 Å². The second kappa shape index (κ2) is 14.2. The van der Waals surface area contributed by atoms with Gasteiger partial charge in [-0.05, 0) is 69.1 Å². The average molecular weight is 465 g/mol. The van der Waals surface area contributed by atoms with E-state index in [4.69, 9.17) is 4.74 Å². The van der Waals surface area contributed by atoms with Crippen molar-refractivity contribution in [2.24, 2.45) is 10.8 Å². The third kappa shape index (κ3) is 8.16. The Morgan fingerprint density at radius 3 is 2.09 bits per heavy atom. The fourth-order valence-corrected chi connectivity index (χ4v) is 5.25. The van der Waals surface area contributed by atoms with Gasteiger partial charge in [-0.1, -0.05) is 83.8 Å². The predicted octanol–water partition coefficient (Wildman–Crippen LogP) is 8.62. The van der Waals surface area contributed by atoms with Gasteiger partial charge in [-0.2, -0.15) is 10.5 Å². The van der Waals surface area contributed by atoms with E-state index in [0.717, 1.165) is 38.5 Å². The van der Waals surface area contributed by atoms with Gasteiger partial charge >= 0.3 is 5.97 Å². The molecule has 0 aliphatic heterocycles. The lowest BCUT2D eigenvalue weighted by Crippen LogP contribution is -2.30. The molecule has 0 spiro atoms. The molecule has 4 nitrogen and oxygen atoms in total. The molecular weight excluding hydrogens is 420 g/mol. The maximum absolute atomic E-state index is 12.5. The summed E-state index contributed by atoms with van der Waals surface area (Å²) in [4.78, 5) is 12.5. The molecule has 1 unspecified atom stereocenters.